The molecule has 1 atom stereocenters. The second-order valence-electron chi connectivity index (χ2n) is 4.37. The summed E-state index contributed by atoms with van der Waals surface area (Å²) in [6.45, 7) is 0.480. The van der Waals surface area contributed by atoms with E-state index in [9.17, 15) is 14.0 Å². The van der Waals surface area contributed by atoms with Crippen LogP contribution in [-0.4, -0.2) is 43.1 Å². The van der Waals surface area contributed by atoms with Crippen molar-refractivity contribution in [3.63, 3.8) is 0 Å². The van der Waals surface area contributed by atoms with Crippen molar-refractivity contribution in [2.75, 3.05) is 25.2 Å². The van der Waals surface area contributed by atoms with Crippen LogP contribution >= 0.6 is 11.8 Å². The maximum Gasteiger partial charge on any atom is 0.323 e. The molecule has 0 fully saturated rings. The van der Waals surface area contributed by atoms with Crippen LogP contribution in [0.5, 0.6) is 0 Å². The summed E-state index contributed by atoms with van der Waals surface area (Å²) in [6.07, 6.45) is 0.637. The highest BCUT2D eigenvalue weighted by molar-refractivity contribution is 8.00. The maximum atomic E-state index is 12.7. The van der Waals surface area contributed by atoms with Crippen molar-refractivity contribution >= 4 is 23.6 Å². The number of ether oxygens (including phenoxy) is 1. The minimum Gasteiger partial charge on any atom is -0.468 e. The van der Waals surface area contributed by atoms with Crippen LogP contribution in [0.1, 0.15) is 5.56 Å². The first-order valence-corrected chi connectivity index (χ1v) is 7.60. The molecule has 116 valence electrons. The fourth-order valence-corrected chi connectivity index (χ4v) is 2.34. The monoisotopic (exact) mass is 314 g/mol. The summed E-state index contributed by atoms with van der Waals surface area (Å²) >= 11 is 1.27. The number of hydrogen-bond donors (Lipinski definition) is 2. The van der Waals surface area contributed by atoms with Crippen LogP contribution in [0.2, 0.25) is 0 Å². The Morgan fingerprint density at radius 1 is 1.38 bits per heavy atom. The third-order valence-corrected chi connectivity index (χ3v) is 3.74. The zero-order valence-corrected chi connectivity index (χ0v) is 12.6. The lowest BCUT2D eigenvalue weighted by Crippen LogP contribution is -2.35. The Hall–Kier alpha value is -1.60. The lowest BCUT2D eigenvalue weighted by Gasteiger charge is -2.09. The quantitative estimate of drug-likeness (QED) is 0.691. The topological polar surface area (TPSA) is 81.4 Å². The Kier molecular flexibility index (Phi) is 7.78. The summed E-state index contributed by atoms with van der Waals surface area (Å²) in [5.41, 5.74) is 6.50. The molecule has 0 aliphatic heterocycles. The molecule has 1 amide bonds. The number of benzene rings is 1. The van der Waals surface area contributed by atoms with Crippen LogP contribution in [0.4, 0.5) is 4.39 Å². The largest absolute Gasteiger partial charge is 0.468 e. The van der Waals surface area contributed by atoms with Gasteiger partial charge in [-0.1, -0.05) is 12.1 Å². The number of halogens is 1. The number of rotatable bonds is 8. The van der Waals surface area contributed by atoms with E-state index in [2.05, 4.69) is 10.1 Å². The van der Waals surface area contributed by atoms with Gasteiger partial charge in [0.15, 0.2) is 0 Å². The molecule has 0 aliphatic rings. The fourth-order valence-electron chi connectivity index (χ4n) is 1.55. The lowest BCUT2D eigenvalue weighted by atomic mass is 10.1. The molecule has 0 aromatic heterocycles. The number of methoxy groups -OCH3 is 1. The summed E-state index contributed by atoms with van der Waals surface area (Å²) < 4.78 is 17.2. The molecule has 7 heteroatoms. The van der Waals surface area contributed by atoms with Crippen LogP contribution in [0.25, 0.3) is 0 Å². The number of esters is 1. The van der Waals surface area contributed by atoms with Gasteiger partial charge in [-0.2, -0.15) is 0 Å². The Bertz CT molecular complexity index is 468. The smallest absolute Gasteiger partial charge is 0.323 e. The van der Waals surface area contributed by atoms with E-state index in [1.54, 1.807) is 12.1 Å². The highest BCUT2D eigenvalue weighted by Gasteiger charge is 2.14. The fraction of sp³-hybridized carbons (Fsp3) is 0.429. The standard InChI is InChI=1S/C14H19FN2O3S/c1-20-14(19)12(16)8-21-9-13(18)17-7-6-10-2-4-11(15)5-3-10/h2-5,12H,6-9,16H2,1H3,(H,17,18). The van der Waals surface area contributed by atoms with Crippen LogP contribution in [-0.2, 0) is 20.7 Å². The van der Waals surface area contributed by atoms with E-state index in [1.807, 2.05) is 0 Å². The van der Waals surface area contributed by atoms with Gasteiger partial charge in [-0.15, -0.1) is 11.8 Å². The van der Waals surface area contributed by atoms with E-state index >= 15 is 0 Å². The number of carbonyl (C=O) groups excluding carboxylic acids is 2. The molecule has 0 radical (unpaired) electrons. The first-order chi connectivity index (χ1) is 10.0. The number of carbonyl (C=O) groups is 2. The average molecular weight is 314 g/mol. The molecule has 1 aromatic carbocycles. The van der Waals surface area contributed by atoms with Gasteiger partial charge in [0.1, 0.15) is 11.9 Å². The second kappa shape index (κ2) is 9.36. The van der Waals surface area contributed by atoms with Gasteiger partial charge in [0.05, 0.1) is 12.9 Å². The Morgan fingerprint density at radius 3 is 2.67 bits per heavy atom. The summed E-state index contributed by atoms with van der Waals surface area (Å²) in [5, 5.41) is 2.75. The van der Waals surface area contributed by atoms with Gasteiger partial charge in [0, 0.05) is 12.3 Å². The molecule has 0 spiro atoms. The van der Waals surface area contributed by atoms with Gasteiger partial charge in [0.2, 0.25) is 5.91 Å². The van der Waals surface area contributed by atoms with Gasteiger partial charge < -0.3 is 15.8 Å². The predicted molar refractivity (Wildman–Crippen MR) is 80.4 cm³/mol. The molecule has 0 saturated heterocycles. The van der Waals surface area contributed by atoms with Crippen LogP contribution < -0.4 is 11.1 Å². The van der Waals surface area contributed by atoms with Gasteiger partial charge in [-0.25, -0.2) is 4.39 Å². The maximum absolute atomic E-state index is 12.7. The molecule has 3 N–H and O–H groups in total. The van der Waals surface area contributed by atoms with Crippen LogP contribution in [0, 0.1) is 5.82 Å². The van der Waals surface area contributed by atoms with Gasteiger partial charge in [-0.3, -0.25) is 9.59 Å². The molecular weight excluding hydrogens is 295 g/mol. The summed E-state index contributed by atoms with van der Waals surface area (Å²) in [7, 11) is 1.27. The zero-order chi connectivity index (χ0) is 15.7. The molecule has 5 nitrogen and oxygen atoms in total. The summed E-state index contributed by atoms with van der Waals surface area (Å²) in [6, 6.07) is 5.44. The first-order valence-electron chi connectivity index (χ1n) is 6.45. The average Bonchev–Trinajstić information content (AvgIpc) is 2.48. The molecule has 21 heavy (non-hydrogen) atoms. The lowest BCUT2D eigenvalue weighted by molar-refractivity contribution is -0.141. The minimum atomic E-state index is -0.716. The SMILES string of the molecule is COC(=O)C(N)CSCC(=O)NCCc1ccc(F)cc1. The van der Waals surface area contributed by atoms with E-state index in [0.717, 1.165) is 5.56 Å². The van der Waals surface area contributed by atoms with Crippen molar-refractivity contribution in [1.29, 1.82) is 0 Å². The van der Waals surface area contributed by atoms with Crippen molar-refractivity contribution < 1.29 is 18.7 Å². The van der Waals surface area contributed by atoms with E-state index in [-0.39, 0.29) is 17.5 Å². The predicted octanol–water partition coefficient (Wildman–Crippen LogP) is 0.718. The molecule has 1 rings (SSSR count). The molecule has 1 unspecified atom stereocenters. The molecule has 0 aliphatic carbocycles. The summed E-state index contributed by atoms with van der Waals surface area (Å²) in [4.78, 5) is 22.6. The van der Waals surface area contributed by atoms with E-state index in [1.165, 1.54) is 31.0 Å². The molecule has 1 aromatic rings. The molecule has 0 heterocycles. The third kappa shape index (κ3) is 7.10. The minimum absolute atomic E-state index is 0.126. The first kappa shape index (κ1) is 17.5. The Morgan fingerprint density at radius 2 is 2.05 bits per heavy atom. The summed E-state index contributed by atoms with van der Waals surface area (Å²) in [5.74, 6) is -0.328. The van der Waals surface area contributed by atoms with Crippen LogP contribution in [0.15, 0.2) is 24.3 Å². The van der Waals surface area contributed by atoms with Gasteiger partial charge in [0.25, 0.3) is 0 Å². The van der Waals surface area contributed by atoms with Gasteiger partial charge >= 0.3 is 5.97 Å². The van der Waals surface area contributed by atoms with Crippen molar-refractivity contribution in [1.82, 2.24) is 5.32 Å². The van der Waals surface area contributed by atoms with E-state index in [0.29, 0.717) is 18.7 Å². The van der Waals surface area contributed by atoms with Crippen molar-refractivity contribution in [3.8, 4) is 0 Å². The number of amides is 1. The second-order valence-corrected chi connectivity index (χ2v) is 5.40. The molecular formula is C14H19FN2O3S. The Balaban J connectivity index is 2.14. The number of nitrogens with two attached hydrogens (primary N) is 1. The van der Waals surface area contributed by atoms with E-state index < -0.39 is 12.0 Å². The third-order valence-electron chi connectivity index (χ3n) is 2.68. The normalized spacial score (nSPS) is 11.8. The van der Waals surface area contributed by atoms with Crippen molar-refractivity contribution in [2.45, 2.75) is 12.5 Å². The Labute approximate surface area is 127 Å². The molecule has 0 bridgehead atoms. The van der Waals surface area contributed by atoms with Crippen molar-refractivity contribution in [2.24, 2.45) is 5.73 Å². The highest BCUT2D eigenvalue weighted by atomic mass is 32.2. The molecule has 0 saturated carbocycles. The number of hydrogen-bond acceptors (Lipinski definition) is 5. The number of thioether (sulfide) groups is 1. The van der Waals surface area contributed by atoms with E-state index in [4.69, 9.17) is 5.73 Å². The zero-order valence-electron chi connectivity index (χ0n) is 11.8. The van der Waals surface area contributed by atoms with Crippen LogP contribution in [0.3, 0.4) is 0 Å². The van der Waals surface area contributed by atoms with Crippen molar-refractivity contribution in [3.05, 3.63) is 35.6 Å². The highest BCUT2D eigenvalue weighted by Crippen LogP contribution is 2.04. The van der Waals surface area contributed by atoms with Gasteiger partial charge in [-0.05, 0) is 24.1 Å². The number of nitrogens with one attached hydrogen (secondary N) is 1.